The lowest BCUT2D eigenvalue weighted by Crippen LogP contribution is -2.47. The zero-order chi connectivity index (χ0) is 21.5. The van der Waals surface area contributed by atoms with Crippen LogP contribution in [0.25, 0.3) is 0 Å². The Bertz CT molecular complexity index is 689. The molecule has 0 spiro atoms. The minimum Gasteiger partial charge on any atom is -0.467 e. The number of hydrogen-bond donors (Lipinski definition) is 2. The van der Waals surface area contributed by atoms with Crippen molar-refractivity contribution in [3.8, 4) is 5.75 Å². The van der Waals surface area contributed by atoms with E-state index in [4.69, 9.17) is 19.0 Å². The first-order valence-corrected chi connectivity index (χ1v) is 11.9. The van der Waals surface area contributed by atoms with Crippen LogP contribution in [-0.4, -0.2) is 51.9 Å². The van der Waals surface area contributed by atoms with E-state index in [0.29, 0.717) is 0 Å². The molecule has 0 saturated carbocycles. The Balaban J connectivity index is 3.06. The van der Waals surface area contributed by atoms with Gasteiger partial charge in [-0.15, -0.1) is 0 Å². The Morgan fingerprint density at radius 2 is 1.93 bits per heavy atom. The number of ketones is 1. The van der Waals surface area contributed by atoms with Gasteiger partial charge in [0.05, 0.1) is 11.7 Å². The summed E-state index contributed by atoms with van der Waals surface area (Å²) in [6.07, 6.45) is -1.99. The number of amides is 1. The van der Waals surface area contributed by atoms with Crippen LogP contribution >= 0.6 is 0 Å². The fourth-order valence-corrected chi connectivity index (χ4v) is 3.59. The van der Waals surface area contributed by atoms with Gasteiger partial charge in [-0.25, -0.2) is 9.18 Å². The first kappa shape index (κ1) is 24.1. The maximum absolute atomic E-state index is 13.7. The molecule has 158 valence electrons. The lowest BCUT2D eigenvalue weighted by Gasteiger charge is -2.39. The third-order valence-corrected chi connectivity index (χ3v) is 9.27. The van der Waals surface area contributed by atoms with Gasteiger partial charge in [0.25, 0.3) is 0 Å². The van der Waals surface area contributed by atoms with E-state index in [1.807, 2.05) is 33.9 Å². The number of methoxy groups -OCH3 is 1. The van der Waals surface area contributed by atoms with Crippen LogP contribution in [-0.2, 0) is 9.16 Å². The van der Waals surface area contributed by atoms with Crippen LogP contribution in [0.3, 0.4) is 0 Å². The summed E-state index contributed by atoms with van der Waals surface area (Å²) in [6.45, 7) is 10.0. The summed E-state index contributed by atoms with van der Waals surface area (Å²) in [6, 6.07) is 3.65. The quantitative estimate of drug-likeness (QED) is 0.340. The largest absolute Gasteiger partial charge is 0.467 e. The molecule has 0 aliphatic rings. The van der Waals surface area contributed by atoms with Gasteiger partial charge in [0.2, 0.25) is 0 Å². The van der Waals surface area contributed by atoms with Crippen molar-refractivity contribution >= 4 is 20.2 Å². The first-order chi connectivity index (χ1) is 12.9. The van der Waals surface area contributed by atoms with Crippen LogP contribution in [0.5, 0.6) is 5.75 Å². The SMILES string of the molecule is COCOc1ccc(F)cc1C(=O)CC(CNC(=O)O)O[Si](C)(C)C(C)(C)C. The molecule has 0 bridgehead atoms. The maximum atomic E-state index is 13.7. The van der Waals surface area contributed by atoms with Gasteiger partial charge in [-0.1, -0.05) is 20.8 Å². The number of Topliss-reactive ketones (excluding diaryl/α,β-unsaturated/α-hetero) is 1. The molecular formula is C19H30FNO6Si. The third-order valence-electron chi connectivity index (χ3n) is 4.74. The topological polar surface area (TPSA) is 94.1 Å². The molecule has 0 aliphatic heterocycles. The molecule has 1 rings (SSSR count). The molecule has 1 amide bonds. The van der Waals surface area contributed by atoms with E-state index in [1.165, 1.54) is 19.2 Å². The van der Waals surface area contributed by atoms with Crippen LogP contribution in [0.15, 0.2) is 18.2 Å². The molecule has 7 nitrogen and oxygen atoms in total. The highest BCUT2D eigenvalue weighted by Gasteiger charge is 2.39. The predicted molar refractivity (Wildman–Crippen MR) is 106 cm³/mol. The van der Waals surface area contributed by atoms with Crippen molar-refractivity contribution in [3.05, 3.63) is 29.6 Å². The summed E-state index contributed by atoms with van der Waals surface area (Å²) in [7, 11) is -0.828. The molecule has 1 atom stereocenters. The number of carboxylic acid groups (broad SMARTS) is 1. The average Bonchev–Trinajstić information content (AvgIpc) is 2.57. The highest BCUT2D eigenvalue weighted by Crippen LogP contribution is 2.37. The van der Waals surface area contributed by atoms with E-state index in [0.717, 1.165) is 6.07 Å². The van der Waals surface area contributed by atoms with E-state index in [-0.39, 0.29) is 36.1 Å². The normalized spacial score (nSPS) is 13.1. The number of carbonyl (C=O) groups is 2. The van der Waals surface area contributed by atoms with Crippen LogP contribution in [0.2, 0.25) is 18.1 Å². The average molecular weight is 416 g/mol. The van der Waals surface area contributed by atoms with Gasteiger partial charge in [-0.2, -0.15) is 0 Å². The number of hydrogen-bond acceptors (Lipinski definition) is 5. The minimum absolute atomic E-state index is 0.0445. The second-order valence-corrected chi connectivity index (χ2v) is 12.8. The van der Waals surface area contributed by atoms with E-state index in [9.17, 15) is 14.0 Å². The number of halogens is 1. The van der Waals surface area contributed by atoms with Crippen molar-refractivity contribution in [1.82, 2.24) is 5.32 Å². The molecule has 0 fully saturated rings. The minimum atomic E-state index is -2.26. The highest BCUT2D eigenvalue weighted by molar-refractivity contribution is 6.74. The predicted octanol–water partition coefficient (Wildman–Crippen LogP) is 4.04. The second-order valence-electron chi connectivity index (χ2n) is 8.00. The van der Waals surface area contributed by atoms with E-state index < -0.39 is 32.1 Å². The van der Waals surface area contributed by atoms with Gasteiger partial charge in [0.1, 0.15) is 11.6 Å². The molecule has 1 unspecified atom stereocenters. The molecule has 0 aliphatic carbocycles. The van der Waals surface area contributed by atoms with Crippen LogP contribution in [0.1, 0.15) is 37.6 Å². The van der Waals surface area contributed by atoms with Gasteiger partial charge in [0.15, 0.2) is 20.9 Å². The third kappa shape index (κ3) is 7.21. The summed E-state index contributed by atoms with van der Waals surface area (Å²) in [5, 5.41) is 11.1. The summed E-state index contributed by atoms with van der Waals surface area (Å²) >= 11 is 0. The Hall–Kier alpha value is -1.97. The van der Waals surface area contributed by atoms with E-state index in [1.54, 1.807) is 0 Å². The van der Waals surface area contributed by atoms with Gasteiger partial charge >= 0.3 is 6.09 Å². The molecule has 1 aromatic rings. The summed E-state index contributed by atoms with van der Waals surface area (Å²) in [5.74, 6) is -0.773. The van der Waals surface area contributed by atoms with Crippen LogP contribution < -0.4 is 10.1 Å². The molecule has 0 aromatic heterocycles. The molecule has 1 aromatic carbocycles. The van der Waals surface area contributed by atoms with Crippen molar-refractivity contribution in [2.45, 2.75) is 51.4 Å². The molecule has 0 heterocycles. The molecule has 0 radical (unpaired) electrons. The molecule has 9 heteroatoms. The van der Waals surface area contributed by atoms with Crippen molar-refractivity contribution in [2.75, 3.05) is 20.4 Å². The van der Waals surface area contributed by atoms with Gasteiger partial charge in [-0.05, 0) is 36.3 Å². The highest BCUT2D eigenvalue weighted by atomic mass is 28.4. The standard InChI is InChI=1S/C19H30FNO6Si/c1-19(2,3)28(5,6)27-14(11-21-18(23)24)10-16(22)15-9-13(20)7-8-17(15)26-12-25-4/h7-9,14,21H,10-12H2,1-6H3,(H,23,24). The van der Waals surface area contributed by atoms with Crippen molar-refractivity contribution in [2.24, 2.45) is 0 Å². The lowest BCUT2D eigenvalue weighted by molar-refractivity contribution is 0.0499. The van der Waals surface area contributed by atoms with Crippen molar-refractivity contribution in [3.63, 3.8) is 0 Å². The van der Waals surface area contributed by atoms with Crippen molar-refractivity contribution in [1.29, 1.82) is 0 Å². The number of nitrogens with one attached hydrogen (secondary N) is 1. The van der Waals surface area contributed by atoms with E-state index in [2.05, 4.69) is 5.32 Å². The first-order valence-electron chi connectivity index (χ1n) is 8.96. The molecular weight excluding hydrogens is 385 g/mol. The van der Waals surface area contributed by atoms with Gasteiger partial charge in [-0.3, -0.25) is 4.79 Å². The number of rotatable bonds is 10. The fraction of sp³-hybridized carbons (Fsp3) is 0.579. The molecule has 0 saturated heterocycles. The fourth-order valence-electron chi connectivity index (χ4n) is 2.24. The number of carbonyl (C=O) groups excluding carboxylic acids is 1. The smallest absolute Gasteiger partial charge is 0.404 e. The zero-order valence-corrected chi connectivity index (χ0v) is 18.3. The van der Waals surface area contributed by atoms with E-state index >= 15 is 0 Å². The summed E-state index contributed by atoms with van der Waals surface area (Å²) in [4.78, 5) is 23.8. The molecule has 2 N–H and O–H groups in total. The lowest BCUT2D eigenvalue weighted by atomic mass is 10.0. The van der Waals surface area contributed by atoms with Crippen LogP contribution in [0, 0.1) is 5.82 Å². The number of benzene rings is 1. The van der Waals surface area contributed by atoms with Gasteiger partial charge in [0, 0.05) is 20.1 Å². The van der Waals surface area contributed by atoms with Gasteiger partial charge < -0.3 is 24.3 Å². The maximum Gasteiger partial charge on any atom is 0.404 e. The second kappa shape index (κ2) is 9.99. The Kier molecular flexibility index (Phi) is 8.59. The Labute approximate surface area is 166 Å². The summed E-state index contributed by atoms with van der Waals surface area (Å²) < 4.78 is 30.1. The van der Waals surface area contributed by atoms with Crippen LogP contribution in [0.4, 0.5) is 9.18 Å². The zero-order valence-electron chi connectivity index (χ0n) is 17.3. The molecule has 28 heavy (non-hydrogen) atoms. The number of ether oxygens (including phenoxy) is 2. The Morgan fingerprint density at radius 3 is 2.46 bits per heavy atom. The van der Waals surface area contributed by atoms with Crippen molar-refractivity contribution < 1.29 is 33.0 Å². The summed E-state index contributed by atoms with van der Waals surface area (Å²) in [5.41, 5.74) is 0.0659. The monoisotopic (exact) mass is 415 g/mol. The Morgan fingerprint density at radius 1 is 1.29 bits per heavy atom.